The molecular formula is C9H14Cl2N2O5S2. The minimum atomic E-state index is -3.24. The lowest BCUT2D eigenvalue weighted by atomic mass is 10.2. The Bertz CT molecular complexity index is 554. The largest absolute Gasteiger partial charge is 0.333 e. The van der Waals surface area contributed by atoms with Gasteiger partial charge in [-0.2, -0.15) is 0 Å². The minimum absolute atomic E-state index is 0.185. The van der Waals surface area contributed by atoms with Gasteiger partial charge in [-0.1, -0.05) is 0 Å². The molecule has 2 amide bonds. The topological polar surface area (TPSA) is 109 Å². The van der Waals surface area contributed by atoms with Gasteiger partial charge >= 0.3 is 6.03 Å². The molecule has 0 unspecified atom stereocenters. The van der Waals surface area contributed by atoms with Crippen LogP contribution in [0.4, 0.5) is 4.79 Å². The molecule has 0 spiro atoms. The fraction of sp³-hybridized carbons (Fsp3) is 0.889. The lowest BCUT2D eigenvalue weighted by Crippen LogP contribution is -2.51. The molecule has 2 fully saturated rings. The molecule has 2 saturated heterocycles. The smallest absolute Gasteiger partial charge is 0.315 e. The summed E-state index contributed by atoms with van der Waals surface area (Å²) in [6, 6.07) is -2.03. The summed E-state index contributed by atoms with van der Waals surface area (Å²) in [7, 11) is -6.49. The monoisotopic (exact) mass is 364 g/mol. The molecule has 7 nitrogen and oxygen atoms in total. The molecule has 2 aliphatic rings. The number of carbonyl (C=O) groups is 1. The molecule has 2 N–H and O–H groups in total. The summed E-state index contributed by atoms with van der Waals surface area (Å²) in [5, 5.41) is 3.51. The van der Waals surface area contributed by atoms with Gasteiger partial charge < -0.3 is 10.6 Å². The van der Waals surface area contributed by atoms with Crippen LogP contribution in [-0.4, -0.2) is 68.7 Å². The van der Waals surface area contributed by atoms with E-state index in [0.717, 1.165) is 0 Å². The maximum Gasteiger partial charge on any atom is 0.315 e. The Hall–Kier alpha value is -0.250. The fourth-order valence-corrected chi connectivity index (χ4v) is 7.35. The zero-order valence-electron chi connectivity index (χ0n) is 10.3. The van der Waals surface area contributed by atoms with E-state index in [9.17, 15) is 21.6 Å². The highest BCUT2D eigenvalue weighted by Crippen LogP contribution is 2.19. The molecule has 0 radical (unpaired) electrons. The van der Waals surface area contributed by atoms with Gasteiger partial charge in [0.15, 0.2) is 19.7 Å². The number of nitrogens with one attached hydrogen (secondary N) is 2. The molecule has 0 aromatic rings. The molecule has 2 rings (SSSR count). The van der Waals surface area contributed by atoms with Crippen molar-refractivity contribution in [3.05, 3.63) is 0 Å². The van der Waals surface area contributed by atoms with Gasteiger partial charge in [0.25, 0.3) is 0 Å². The highest BCUT2D eigenvalue weighted by molar-refractivity contribution is 7.92. The molecular weight excluding hydrogens is 351 g/mol. The zero-order chi connectivity index (χ0) is 15.1. The third-order valence-electron chi connectivity index (χ3n) is 3.20. The number of rotatable bonds is 2. The quantitative estimate of drug-likeness (QED) is 0.616. The number of alkyl halides is 2. The number of urea groups is 1. The van der Waals surface area contributed by atoms with Crippen LogP contribution in [0.15, 0.2) is 0 Å². The van der Waals surface area contributed by atoms with Crippen molar-refractivity contribution in [2.24, 2.45) is 0 Å². The summed E-state index contributed by atoms with van der Waals surface area (Å²) >= 11 is 11.7. The molecule has 0 aliphatic carbocycles. The number of sulfone groups is 2. The molecule has 0 aromatic carbocycles. The molecule has 20 heavy (non-hydrogen) atoms. The number of carbonyl (C=O) groups excluding carboxylic acids is 1. The lowest BCUT2D eigenvalue weighted by molar-refractivity contribution is 0.235. The van der Waals surface area contributed by atoms with Gasteiger partial charge in [-0.3, -0.25) is 0 Å². The van der Waals surface area contributed by atoms with Crippen molar-refractivity contribution in [3.63, 3.8) is 0 Å². The standard InChI is InChI=1S/C9H14Cl2N2O5S2/c10-5-1-19(15,16)3-7(5)12-9(14)13-8-4-20(17,18)2-6(8)11/h5-8H,1-4H2,(H2,12,13,14)/t5-,6-,7-,8+/m0/s1. The third kappa shape index (κ3) is 3.90. The van der Waals surface area contributed by atoms with Crippen molar-refractivity contribution in [3.8, 4) is 0 Å². The van der Waals surface area contributed by atoms with Crippen LogP contribution in [0.3, 0.4) is 0 Å². The van der Waals surface area contributed by atoms with E-state index in [1.54, 1.807) is 0 Å². The summed E-state index contributed by atoms with van der Waals surface area (Å²) in [5.74, 6) is -0.811. The van der Waals surface area contributed by atoms with Crippen molar-refractivity contribution < 1.29 is 21.6 Å². The number of halogens is 2. The second kappa shape index (κ2) is 5.51. The van der Waals surface area contributed by atoms with Crippen LogP contribution in [0.5, 0.6) is 0 Å². The average Bonchev–Trinajstić information content (AvgIpc) is 2.62. The Morgan fingerprint density at radius 2 is 1.15 bits per heavy atom. The molecule has 0 saturated carbocycles. The average molecular weight is 365 g/mol. The summed E-state index contributed by atoms with van der Waals surface area (Å²) in [6.45, 7) is 0. The normalized spacial score (nSPS) is 38.5. The third-order valence-corrected chi connectivity index (χ3v) is 7.95. The van der Waals surface area contributed by atoms with Crippen LogP contribution in [0.1, 0.15) is 0 Å². The highest BCUT2D eigenvalue weighted by atomic mass is 35.5. The molecule has 2 aliphatic heterocycles. The predicted molar refractivity (Wildman–Crippen MR) is 75.8 cm³/mol. The van der Waals surface area contributed by atoms with Crippen LogP contribution in [0, 0.1) is 0 Å². The maximum absolute atomic E-state index is 11.7. The van der Waals surface area contributed by atoms with Crippen LogP contribution in [-0.2, 0) is 19.7 Å². The van der Waals surface area contributed by atoms with E-state index in [1.165, 1.54) is 0 Å². The van der Waals surface area contributed by atoms with E-state index in [0.29, 0.717) is 0 Å². The Morgan fingerprint density at radius 1 is 0.800 bits per heavy atom. The molecule has 0 bridgehead atoms. The van der Waals surface area contributed by atoms with Crippen LogP contribution < -0.4 is 10.6 Å². The van der Waals surface area contributed by atoms with E-state index in [1.807, 2.05) is 0 Å². The van der Waals surface area contributed by atoms with Gasteiger partial charge in [0.2, 0.25) is 0 Å². The van der Waals surface area contributed by atoms with Crippen molar-refractivity contribution in [2.75, 3.05) is 23.0 Å². The predicted octanol–water partition coefficient (Wildman–Crippen LogP) is -0.906. The molecule has 0 aromatic heterocycles. The zero-order valence-corrected chi connectivity index (χ0v) is 13.4. The fourth-order valence-electron chi connectivity index (χ4n) is 2.25. The van der Waals surface area contributed by atoms with E-state index < -0.39 is 48.5 Å². The van der Waals surface area contributed by atoms with Crippen LogP contribution in [0.25, 0.3) is 0 Å². The Balaban J connectivity index is 1.91. The van der Waals surface area contributed by atoms with E-state index >= 15 is 0 Å². The highest BCUT2D eigenvalue weighted by Gasteiger charge is 2.40. The van der Waals surface area contributed by atoms with Crippen molar-refractivity contribution in [2.45, 2.75) is 22.8 Å². The van der Waals surface area contributed by atoms with Crippen LogP contribution >= 0.6 is 23.2 Å². The van der Waals surface area contributed by atoms with E-state index in [4.69, 9.17) is 23.2 Å². The second-order valence-electron chi connectivity index (χ2n) is 5.02. The maximum atomic E-state index is 11.7. The first kappa shape index (κ1) is 16.1. The van der Waals surface area contributed by atoms with E-state index in [2.05, 4.69) is 10.6 Å². The first-order valence-electron chi connectivity index (χ1n) is 5.84. The van der Waals surface area contributed by atoms with Gasteiger partial charge in [0, 0.05) is 0 Å². The second-order valence-corrected chi connectivity index (χ2v) is 10.4. The molecule has 11 heteroatoms. The minimum Gasteiger partial charge on any atom is -0.333 e. The van der Waals surface area contributed by atoms with E-state index in [-0.39, 0.29) is 23.0 Å². The van der Waals surface area contributed by atoms with Gasteiger partial charge in [-0.15, -0.1) is 23.2 Å². The van der Waals surface area contributed by atoms with Crippen molar-refractivity contribution >= 4 is 48.9 Å². The Kier molecular flexibility index (Phi) is 4.44. The summed E-state index contributed by atoms with van der Waals surface area (Å²) in [4.78, 5) is 11.7. The van der Waals surface area contributed by atoms with Gasteiger partial charge in [-0.25, -0.2) is 21.6 Å². The lowest BCUT2D eigenvalue weighted by Gasteiger charge is -2.19. The SMILES string of the molecule is O=C(N[C@H]1CS(=O)(=O)C[C@@H]1Cl)N[C@@H]1CS(=O)(=O)C[C@@H]1Cl. The molecule has 2 heterocycles. The number of hydrogen-bond donors (Lipinski definition) is 2. The van der Waals surface area contributed by atoms with Gasteiger partial charge in [0.05, 0.1) is 45.8 Å². The summed E-state index contributed by atoms with van der Waals surface area (Å²) in [6.07, 6.45) is 0. The van der Waals surface area contributed by atoms with Crippen molar-refractivity contribution in [1.29, 1.82) is 0 Å². The van der Waals surface area contributed by atoms with Gasteiger partial charge in [-0.05, 0) is 0 Å². The van der Waals surface area contributed by atoms with Crippen LogP contribution in [0.2, 0.25) is 0 Å². The summed E-state index contributed by atoms with van der Waals surface area (Å²) < 4.78 is 45.4. The first-order chi connectivity index (χ1) is 9.08. The van der Waals surface area contributed by atoms with Crippen molar-refractivity contribution in [1.82, 2.24) is 10.6 Å². The Labute approximate surface area is 127 Å². The molecule has 4 atom stereocenters. The Morgan fingerprint density at radius 3 is 1.40 bits per heavy atom. The van der Waals surface area contributed by atoms with Gasteiger partial charge in [0.1, 0.15) is 0 Å². The summed E-state index contributed by atoms with van der Waals surface area (Å²) in [5.41, 5.74) is 0. The first-order valence-corrected chi connectivity index (χ1v) is 10.4. The number of hydrogen-bond acceptors (Lipinski definition) is 5. The number of amides is 2. The molecule has 116 valence electrons.